The predicted molar refractivity (Wildman–Crippen MR) is 331 cm³/mol. The molecule has 388 valence electrons. The van der Waals surface area contributed by atoms with Crippen molar-refractivity contribution in [1.82, 2.24) is 0 Å². The lowest BCUT2D eigenvalue weighted by Crippen LogP contribution is -2.61. The van der Waals surface area contributed by atoms with Gasteiger partial charge >= 0.3 is 0 Å². The maximum atomic E-state index is 2.75. The standard InChI is InChI=1S/C73H78BN3/c1-46-38-54-56(70(7,8)35-34-69(54,5)6)43-61(46)77-62-39-49(48-24-18-15-19-25-48)30-32-58(62)74-59-42-55-57(73(13,14)45-72(55,11)12)44-63(59)76(60-33-31-53-66(47(60)2)71(9,10)37-36-68(53,3)4)64-40-52(41-65(77)67(64)74)75(50-26-20-16-21-27-50)51-28-22-17-23-29-51/h15-33,38-44H,34-37,45H2,1-14H3. The monoisotopic (exact) mass is 1010 g/mol. The molecule has 5 aliphatic rings. The van der Waals surface area contributed by atoms with Crippen molar-refractivity contribution in [2.75, 3.05) is 14.7 Å². The summed E-state index contributed by atoms with van der Waals surface area (Å²) in [5.74, 6) is 0. The molecular weight excluding hydrogens is 930 g/mol. The van der Waals surface area contributed by atoms with Crippen LogP contribution in [0.4, 0.5) is 51.2 Å². The van der Waals surface area contributed by atoms with Crippen LogP contribution in [0.3, 0.4) is 0 Å². The minimum atomic E-state index is -0.0373. The normalized spacial score (nSPS) is 19.1. The van der Waals surface area contributed by atoms with Gasteiger partial charge in [0.1, 0.15) is 0 Å². The first kappa shape index (κ1) is 49.8. The van der Waals surface area contributed by atoms with Crippen molar-refractivity contribution in [2.45, 2.75) is 162 Å². The van der Waals surface area contributed by atoms with Gasteiger partial charge in [-0.25, -0.2) is 0 Å². The molecular formula is C73H78BN3. The van der Waals surface area contributed by atoms with Crippen LogP contribution in [0.1, 0.15) is 160 Å². The average molecular weight is 1010 g/mol. The smallest absolute Gasteiger partial charge is 0.252 e. The van der Waals surface area contributed by atoms with Crippen molar-refractivity contribution in [3.8, 4) is 11.1 Å². The van der Waals surface area contributed by atoms with Crippen molar-refractivity contribution in [1.29, 1.82) is 0 Å². The SMILES string of the molecule is Cc1cc2c(cc1N1c3cc(-c4ccccc4)ccc3B3c4cc5c(cc4N(c4ccc6c(c4C)C(C)(C)CCC6(C)C)c4cc(N(c6ccccc6)c6ccccc6)cc1c43)C(C)(C)CC5(C)C)C(C)(C)CCC2(C)C. The number of rotatable bonds is 6. The third kappa shape index (κ3) is 7.57. The molecule has 0 amide bonds. The Bertz CT molecular complexity index is 3670. The summed E-state index contributed by atoms with van der Waals surface area (Å²) in [6.45, 7) is 34.6. The molecule has 0 radical (unpaired) electrons. The van der Waals surface area contributed by atoms with E-state index in [1.165, 1.54) is 119 Å². The molecule has 3 nitrogen and oxygen atoms in total. The Labute approximate surface area is 461 Å². The first-order valence-electron chi connectivity index (χ1n) is 28.8. The van der Waals surface area contributed by atoms with E-state index < -0.39 is 0 Å². The lowest BCUT2D eigenvalue weighted by molar-refractivity contribution is 0.330. The molecule has 77 heavy (non-hydrogen) atoms. The summed E-state index contributed by atoms with van der Waals surface area (Å²) in [4.78, 5) is 7.97. The molecule has 0 saturated heterocycles. The summed E-state index contributed by atoms with van der Waals surface area (Å²) in [5.41, 5.74) is 29.4. The summed E-state index contributed by atoms with van der Waals surface area (Å²) in [6.07, 6.45) is 5.77. The maximum absolute atomic E-state index is 2.75. The number of nitrogens with zero attached hydrogens (tertiary/aromatic N) is 3. The highest BCUT2D eigenvalue weighted by molar-refractivity contribution is 7.00. The van der Waals surface area contributed by atoms with Gasteiger partial charge < -0.3 is 14.7 Å². The van der Waals surface area contributed by atoms with Crippen molar-refractivity contribution in [2.24, 2.45) is 0 Å². The Hall–Kier alpha value is -6.78. The van der Waals surface area contributed by atoms with E-state index in [0.29, 0.717) is 0 Å². The van der Waals surface area contributed by atoms with E-state index in [9.17, 15) is 0 Å². The van der Waals surface area contributed by atoms with Crippen LogP contribution in [-0.4, -0.2) is 6.71 Å². The molecule has 0 atom stereocenters. The zero-order chi connectivity index (χ0) is 53.9. The molecule has 8 aromatic rings. The fourth-order valence-corrected chi connectivity index (χ4v) is 15.7. The Morgan fingerprint density at radius 3 is 1.44 bits per heavy atom. The van der Waals surface area contributed by atoms with Crippen LogP contribution < -0.4 is 31.1 Å². The molecule has 13 rings (SSSR count). The molecule has 0 bridgehead atoms. The highest BCUT2D eigenvalue weighted by Crippen LogP contribution is 2.57. The Morgan fingerprint density at radius 2 is 0.844 bits per heavy atom. The topological polar surface area (TPSA) is 9.72 Å². The van der Waals surface area contributed by atoms with Crippen molar-refractivity contribution < 1.29 is 0 Å². The maximum Gasteiger partial charge on any atom is 0.252 e. The molecule has 2 aliphatic heterocycles. The van der Waals surface area contributed by atoms with Gasteiger partial charge in [-0.2, -0.15) is 0 Å². The molecule has 3 aliphatic carbocycles. The van der Waals surface area contributed by atoms with Gasteiger partial charge in [0.15, 0.2) is 0 Å². The van der Waals surface area contributed by atoms with E-state index in [0.717, 1.165) is 36.3 Å². The zero-order valence-electron chi connectivity index (χ0n) is 48.5. The Morgan fingerprint density at radius 1 is 0.364 bits per heavy atom. The van der Waals surface area contributed by atoms with Crippen LogP contribution >= 0.6 is 0 Å². The number of anilines is 9. The summed E-state index contributed by atoms with van der Waals surface area (Å²) in [5, 5.41) is 0. The lowest BCUT2D eigenvalue weighted by Gasteiger charge is -2.48. The fourth-order valence-electron chi connectivity index (χ4n) is 15.7. The van der Waals surface area contributed by atoms with Crippen LogP contribution in [0.2, 0.25) is 0 Å². The van der Waals surface area contributed by atoms with Crippen LogP contribution in [0.25, 0.3) is 11.1 Å². The number of aryl methyl sites for hydroxylation is 1. The first-order valence-corrected chi connectivity index (χ1v) is 28.8. The van der Waals surface area contributed by atoms with E-state index in [1.54, 1.807) is 0 Å². The Kier molecular flexibility index (Phi) is 10.9. The summed E-state index contributed by atoms with van der Waals surface area (Å²) < 4.78 is 0. The largest absolute Gasteiger partial charge is 0.311 e. The zero-order valence-corrected chi connectivity index (χ0v) is 48.5. The minimum Gasteiger partial charge on any atom is -0.311 e. The van der Waals surface area contributed by atoms with Gasteiger partial charge in [-0.15, -0.1) is 0 Å². The molecule has 0 unspecified atom stereocenters. The number of benzene rings is 8. The van der Waals surface area contributed by atoms with Gasteiger partial charge in [0.2, 0.25) is 0 Å². The summed E-state index contributed by atoms with van der Waals surface area (Å²) >= 11 is 0. The van der Waals surface area contributed by atoms with Gasteiger partial charge in [-0.3, -0.25) is 0 Å². The van der Waals surface area contributed by atoms with E-state index in [2.05, 4.69) is 269 Å². The van der Waals surface area contributed by atoms with Crippen molar-refractivity contribution in [3.05, 3.63) is 202 Å². The molecule has 8 aromatic carbocycles. The fraction of sp³-hybridized carbons (Fsp3) is 0.342. The predicted octanol–water partition coefficient (Wildman–Crippen LogP) is 18.2. The van der Waals surface area contributed by atoms with E-state index in [-0.39, 0.29) is 39.2 Å². The number of fused-ring (bicyclic) bond motifs is 7. The number of hydrogen-bond acceptors (Lipinski definition) is 3. The molecule has 0 spiro atoms. The molecule has 0 N–H and O–H groups in total. The van der Waals surface area contributed by atoms with Crippen molar-refractivity contribution >= 4 is 74.3 Å². The third-order valence-electron chi connectivity index (χ3n) is 19.8. The second-order valence-electron chi connectivity index (χ2n) is 27.9. The van der Waals surface area contributed by atoms with E-state index in [4.69, 9.17) is 0 Å². The van der Waals surface area contributed by atoms with Crippen LogP contribution in [0, 0.1) is 13.8 Å². The third-order valence-corrected chi connectivity index (χ3v) is 19.8. The van der Waals surface area contributed by atoms with Crippen LogP contribution in [-0.2, 0) is 32.5 Å². The Balaban J connectivity index is 1.21. The molecule has 4 heteroatoms. The number of hydrogen-bond donors (Lipinski definition) is 0. The molecule has 0 fully saturated rings. The van der Waals surface area contributed by atoms with Gasteiger partial charge in [0, 0.05) is 45.5 Å². The van der Waals surface area contributed by atoms with Crippen molar-refractivity contribution in [3.63, 3.8) is 0 Å². The number of para-hydroxylation sites is 2. The van der Waals surface area contributed by atoms with Crippen LogP contribution in [0.15, 0.2) is 158 Å². The second-order valence-corrected chi connectivity index (χ2v) is 27.9. The molecule has 0 aromatic heterocycles. The summed E-state index contributed by atoms with van der Waals surface area (Å²) in [7, 11) is 0. The average Bonchev–Trinajstić information content (AvgIpc) is 3.85. The molecule has 0 saturated carbocycles. The quantitative estimate of drug-likeness (QED) is 0.154. The van der Waals surface area contributed by atoms with Gasteiger partial charge in [-0.1, -0.05) is 180 Å². The van der Waals surface area contributed by atoms with E-state index >= 15 is 0 Å². The lowest BCUT2D eigenvalue weighted by atomic mass is 9.33. The highest BCUT2D eigenvalue weighted by atomic mass is 15.2. The highest BCUT2D eigenvalue weighted by Gasteiger charge is 2.50. The summed E-state index contributed by atoms with van der Waals surface area (Å²) in [6, 6.07) is 61.3. The van der Waals surface area contributed by atoms with Gasteiger partial charge in [0.05, 0.1) is 5.69 Å². The minimum absolute atomic E-state index is 0.000672. The van der Waals surface area contributed by atoms with Crippen LogP contribution in [0.5, 0.6) is 0 Å². The van der Waals surface area contributed by atoms with E-state index in [1.807, 2.05) is 0 Å². The van der Waals surface area contributed by atoms with Gasteiger partial charge in [0.25, 0.3) is 6.71 Å². The molecule has 2 heterocycles. The second kappa shape index (κ2) is 16.9. The van der Waals surface area contributed by atoms with Gasteiger partial charge in [-0.05, 0) is 211 Å². The first-order chi connectivity index (χ1) is 36.5.